The van der Waals surface area contributed by atoms with Crippen LogP contribution >= 0.6 is 31.9 Å². The van der Waals surface area contributed by atoms with E-state index in [0.717, 1.165) is 21.5 Å². The van der Waals surface area contributed by atoms with Crippen LogP contribution in [0.2, 0.25) is 0 Å². The maximum absolute atomic E-state index is 5.47. The molecule has 0 aliphatic heterocycles. The van der Waals surface area contributed by atoms with E-state index in [9.17, 15) is 0 Å². The molecule has 2 nitrogen and oxygen atoms in total. The van der Waals surface area contributed by atoms with Crippen molar-refractivity contribution in [2.24, 2.45) is 0 Å². The maximum Gasteiger partial charge on any atom is 0.127 e. The van der Waals surface area contributed by atoms with Crippen molar-refractivity contribution in [3.63, 3.8) is 0 Å². The van der Waals surface area contributed by atoms with Gasteiger partial charge in [0.2, 0.25) is 0 Å². The highest BCUT2D eigenvalue weighted by atomic mass is 79.9. The van der Waals surface area contributed by atoms with Crippen molar-refractivity contribution in [3.8, 4) is 11.5 Å². The Morgan fingerprint density at radius 3 is 2.25 bits per heavy atom. The van der Waals surface area contributed by atoms with Gasteiger partial charge >= 0.3 is 0 Å². The van der Waals surface area contributed by atoms with Crippen LogP contribution in [0.25, 0.3) is 0 Å². The highest BCUT2D eigenvalue weighted by Crippen LogP contribution is 2.39. The third-order valence-corrected chi connectivity index (χ3v) is 4.70. The molecule has 0 amide bonds. The molecule has 2 rings (SSSR count). The van der Waals surface area contributed by atoms with Gasteiger partial charge in [-0.05, 0) is 36.2 Å². The van der Waals surface area contributed by atoms with Crippen LogP contribution in [0.5, 0.6) is 11.5 Å². The van der Waals surface area contributed by atoms with Crippen LogP contribution in [0.15, 0.2) is 40.9 Å². The van der Waals surface area contributed by atoms with Crippen LogP contribution in [-0.4, -0.2) is 14.2 Å². The summed E-state index contributed by atoms with van der Waals surface area (Å²) >= 11 is 7.26. The van der Waals surface area contributed by atoms with Crippen LogP contribution in [0.3, 0.4) is 0 Å². The van der Waals surface area contributed by atoms with Crippen molar-refractivity contribution in [3.05, 3.63) is 57.6 Å². The number of aryl methyl sites for hydroxylation is 1. The molecule has 4 heteroatoms. The Bertz CT molecular complexity index is 611. The highest BCUT2D eigenvalue weighted by Gasteiger charge is 2.17. The fourth-order valence-electron chi connectivity index (χ4n) is 2.12. The fraction of sp³-hybridized carbons (Fsp3) is 0.250. The molecular formula is C16H16Br2O2. The van der Waals surface area contributed by atoms with Crippen LogP contribution in [0.4, 0.5) is 0 Å². The summed E-state index contributed by atoms with van der Waals surface area (Å²) in [5.41, 5.74) is 3.52. The minimum Gasteiger partial charge on any atom is -0.497 e. The summed E-state index contributed by atoms with van der Waals surface area (Å²) in [6.07, 6.45) is 0. The van der Waals surface area contributed by atoms with Crippen LogP contribution in [-0.2, 0) is 0 Å². The lowest BCUT2D eigenvalue weighted by Crippen LogP contribution is -1.99. The maximum atomic E-state index is 5.47. The van der Waals surface area contributed by atoms with E-state index in [-0.39, 0.29) is 4.83 Å². The molecule has 0 bridgehead atoms. The van der Waals surface area contributed by atoms with Crippen molar-refractivity contribution in [1.29, 1.82) is 0 Å². The standard InChI is InChI=1S/C16H16Br2O2/c1-10-8-11(17)4-6-13(10)16(18)14-7-5-12(19-2)9-15(14)20-3/h4-9,16H,1-3H3. The van der Waals surface area contributed by atoms with Gasteiger partial charge < -0.3 is 9.47 Å². The van der Waals surface area contributed by atoms with Gasteiger partial charge in [-0.25, -0.2) is 0 Å². The van der Waals surface area contributed by atoms with E-state index in [1.54, 1.807) is 14.2 Å². The van der Waals surface area contributed by atoms with Crippen molar-refractivity contribution in [2.45, 2.75) is 11.8 Å². The molecule has 0 aliphatic carbocycles. The Labute approximate surface area is 136 Å². The van der Waals surface area contributed by atoms with E-state index >= 15 is 0 Å². The molecule has 2 aromatic rings. The largest absolute Gasteiger partial charge is 0.497 e. The van der Waals surface area contributed by atoms with Gasteiger partial charge in [-0.2, -0.15) is 0 Å². The first-order valence-corrected chi connectivity index (χ1v) is 7.89. The minimum absolute atomic E-state index is 0.0801. The van der Waals surface area contributed by atoms with Crippen molar-refractivity contribution >= 4 is 31.9 Å². The van der Waals surface area contributed by atoms with Gasteiger partial charge in [-0.15, -0.1) is 0 Å². The van der Waals surface area contributed by atoms with E-state index in [2.05, 4.69) is 50.9 Å². The number of benzene rings is 2. The normalized spacial score (nSPS) is 12.1. The SMILES string of the molecule is COc1ccc(C(Br)c2ccc(Br)cc2C)c(OC)c1. The van der Waals surface area contributed by atoms with Crippen molar-refractivity contribution in [1.82, 2.24) is 0 Å². The Morgan fingerprint density at radius 1 is 0.950 bits per heavy atom. The lowest BCUT2D eigenvalue weighted by atomic mass is 9.99. The molecule has 0 spiro atoms. The van der Waals surface area contributed by atoms with Gasteiger partial charge in [0, 0.05) is 16.1 Å². The molecule has 20 heavy (non-hydrogen) atoms. The molecule has 0 saturated heterocycles. The average Bonchev–Trinajstić information content (AvgIpc) is 2.46. The number of halogens is 2. The van der Waals surface area contributed by atoms with Gasteiger partial charge in [0.25, 0.3) is 0 Å². The number of rotatable bonds is 4. The fourth-order valence-corrected chi connectivity index (χ4v) is 3.49. The van der Waals surface area contributed by atoms with E-state index < -0.39 is 0 Å². The molecular weight excluding hydrogens is 384 g/mol. The molecule has 0 heterocycles. The number of hydrogen-bond acceptors (Lipinski definition) is 2. The monoisotopic (exact) mass is 398 g/mol. The molecule has 2 aromatic carbocycles. The Balaban J connectivity index is 2.44. The number of methoxy groups -OCH3 is 2. The van der Waals surface area contributed by atoms with Crippen molar-refractivity contribution in [2.75, 3.05) is 14.2 Å². The summed E-state index contributed by atoms with van der Waals surface area (Å²) in [4.78, 5) is 0.0801. The summed E-state index contributed by atoms with van der Waals surface area (Å²) in [5, 5.41) is 0. The molecule has 0 radical (unpaired) electrons. The summed E-state index contributed by atoms with van der Waals surface area (Å²) in [6, 6.07) is 12.1. The first-order chi connectivity index (χ1) is 9.56. The molecule has 0 aromatic heterocycles. The predicted octanol–water partition coefficient (Wildman–Crippen LogP) is 5.26. The quantitative estimate of drug-likeness (QED) is 0.653. The molecule has 0 fully saturated rings. The summed E-state index contributed by atoms with van der Waals surface area (Å²) < 4.78 is 11.8. The molecule has 0 N–H and O–H groups in total. The lowest BCUT2D eigenvalue weighted by molar-refractivity contribution is 0.391. The van der Waals surface area contributed by atoms with E-state index in [1.807, 2.05) is 24.3 Å². The third-order valence-electron chi connectivity index (χ3n) is 3.22. The molecule has 106 valence electrons. The summed E-state index contributed by atoms with van der Waals surface area (Å²) in [5.74, 6) is 1.60. The molecule has 0 saturated carbocycles. The Hall–Kier alpha value is -1.00. The van der Waals surface area contributed by atoms with Gasteiger partial charge in [0.1, 0.15) is 11.5 Å². The number of alkyl halides is 1. The van der Waals surface area contributed by atoms with Crippen LogP contribution < -0.4 is 9.47 Å². The first-order valence-electron chi connectivity index (χ1n) is 6.19. The Morgan fingerprint density at radius 2 is 1.65 bits per heavy atom. The van der Waals surface area contributed by atoms with E-state index in [4.69, 9.17) is 9.47 Å². The predicted molar refractivity (Wildman–Crippen MR) is 89.2 cm³/mol. The first kappa shape index (κ1) is 15.4. The molecule has 1 unspecified atom stereocenters. The van der Waals surface area contributed by atoms with Gasteiger partial charge in [-0.1, -0.05) is 44.0 Å². The second-order valence-electron chi connectivity index (χ2n) is 4.47. The van der Waals surface area contributed by atoms with E-state index in [0.29, 0.717) is 0 Å². The second kappa shape index (κ2) is 6.64. The van der Waals surface area contributed by atoms with Crippen molar-refractivity contribution < 1.29 is 9.47 Å². The zero-order valence-corrected chi connectivity index (χ0v) is 14.8. The summed E-state index contributed by atoms with van der Waals surface area (Å²) in [6.45, 7) is 2.10. The molecule has 0 aliphatic rings. The van der Waals surface area contributed by atoms with Crippen LogP contribution in [0.1, 0.15) is 21.5 Å². The summed E-state index contributed by atoms with van der Waals surface area (Å²) in [7, 11) is 3.32. The number of hydrogen-bond donors (Lipinski definition) is 0. The zero-order chi connectivity index (χ0) is 14.7. The smallest absolute Gasteiger partial charge is 0.127 e. The average molecular weight is 400 g/mol. The second-order valence-corrected chi connectivity index (χ2v) is 6.30. The third kappa shape index (κ3) is 3.18. The topological polar surface area (TPSA) is 18.5 Å². The minimum atomic E-state index is 0.0801. The van der Waals surface area contributed by atoms with Gasteiger partial charge in [0.05, 0.1) is 19.0 Å². The van der Waals surface area contributed by atoms with E-state index in [1.165, 1.54) is 11.1 Å². The highest BCUT2D eigenvalue weighted by molar-refractivity contribution is 9.10. The lowest BCUT2D eigenvalue weighted by Gasteiger charge is -2.17. The number of ether oxygens (including phenoxy) is 2. The van der Waals surface area contributed by atoms with Crippen LogP contribution in [0, 0.1) is 6.92 Å². The molecule has 1 atom stereocenters. The van der Waals surface area contributed by atoms with Gasteiger partial charge in [0.15, 0.2) is 0 Å². The Kier molecular flexibility index (Phi) is 5.11. The van der Waals surface area contributed by atoms with Gasteiger partial charge in [-0.3, -0.25) is 0 Å². The zero-order valence-electron chi connectivity index (χ0n) is 11.6.